The van der Waals surface area contributed by atoms with Crippen LogP contribution in [-0.4, -0.2) is 22.6 Å². The fourth-order valence-corrected chi connectivity index (χ4v) is 1.72. The summed E-state index contributed by atoms with van der Waals surface area (Å²) in [5.41, 5.74) is 0.0567. The van der Waals surface area contributed by atoms with E-state index in [4.69, 9.17) is 0 Å². The van der Waals surface area contributed by atoms with Crippen LogP contribution in [0, 0.1) is 0 Å². The molecule has 0 fully saturated rings. The topological polar surface area (TPSA) is 81.2 Å². The Bertz CT molecular complexity index is 715. The molecule has 0 saturated heterocycles. The molecule has 0 saturated carbocycles. The zero-order chi connectivity index (χ0) is 13.8. The van der Waals surface area contributed by atoms with Crippen LogP contribution in [0.3, 0.4) is 0 Å². The first-order chi connectivity index (χ1) is 9.11. The molecule has 1 N–H and O–H groups in total. The van der Waals surface area contributed by atoms with E-state index in [0.29, 0.717) is 11.1 Å². The molecule has 0 bridgehead atoms. The summed E-state index contributed by atoms with van der Waals surface area (Å²) < 4.78 is 5.99. The van der Waals surface area contributed by atoms with Gasteiger partial charge in [0.2, 0.25) is 0 Å². The van der Waals surface area contributed by atoms with Crippen LogP contribution < -0.4 is 11.2 Å². The number of ether oxygens (including phenoxy) is 1. The van der Waals surface area contributed by atoms with Gasteiger partial charge in [0.05, 0.1) is 19.2 Å². The highest BCUT2D eigenvalue weighted by Gasteiger charge is 2.11. The van der Waals surface area contributed by atoms with Gasteiger partial charge in [-0.2, -0.15) is 0 Å². The van der Waals surface area contributed by atoms with Crippen LogP contribution in [0.2, 0.25) is 0 Å². The van der Waals surface area contributed by atoms with E-state index in [9.17, 15) is 14.4 Å². The first-order valence-electron chi connectivity index (χ1n) is 5.58. The number of H-pyrrole nitrogens is 1. The van der Waals surface area contributed by atoms with Crippen molar-refractivity contribution in [3.8, 4) is 0 Å². The highest BCUT2D eigenvalue weighted by Crippen LogP contribution is 2.10. The first kappa shape index (κ1) is 12.8. The molecule has 0 unspecified atom stereocenters. The van der Waals surface area contributed by atoms with Crippen LogP contribution in [0.15, 0.2) is 46.1 Å². The van der Waals surface area contributed by atoms with E-state index in [2.05, 4.69) is 9.72 Å². The van der Waals surface area contributed by atoms with Crippen LogP contribution >= 0.6 is 0 Å². The van der Waals surface area contributed by atoms with Crippen molar-refractivity contribution in [3.05, 3.63) is 68.5 Å². The average Bonchev–Trinajstić information content (AvgIpc) is 2.41. The summed E-state index contributed by atoms with van der Waals surface area (Å²) in [6.07, 6.45) is 1.38. The van der Waals surface area contributed by atoms with Gasteiger partial charge in [0.1, 0.15) is 0 Å². The van der Waals surface area contributed by atoms with Gasteiger partial charge < -0.3 is 4.74 Å². The number of aromatic amines is 1. The largest absolute Gasteiger partial charge is 0.465 e. The number of nitrogens with one attached hydrogen (secondary N) is 1. The van der Waals surface area contributed by atoms with Gasteiger partial charge in [0.15, 0.2) is 0 Å². The van der Waals surface area contributed by atoms with Gasteiger partial charge in [-0.3, -0.25) is 14.3 Å². The maximum atomic E-state index is 11.6. The highest BCUT2D eigenvalue weighted by atomic mass is 16.5. The molecule has 0 radical (unpaired) electrons. The minimum Gasteiger partial charge on any atom is -0.465 e. The number of rotatable bonds is 3. The predicted octanol–water partition coefficient (Wildman–Crippen LogP) is 0.371. The number of carbonyl (C=O) groups is 1. The minimum atomic E-state index is -0.521. The third-order valence-electron chi connectivity index (χ3n) is 2.66. The molecule has 2 aromatic rings. The SMILES string of the molecule is COC(=O)c1ccccc1Cn1ccc(=O)[nH]c1=O. The third-order valence-corrected chi connectivity index (χ3v) is 2.66. The Hall–Kier alpha value is -2.63. The summed E-state index contributed by atoms with van der Waals surface area (Å²) in [6.45, 7) is 0.181. The van der Waals surface area contributed by atoms with Gasteiger partial charge in [-0.05, 0) is 11.6 Å². The summed E-state index contributed by atoms with van der Waals surface area (Å²) in [4.78, 5) is 36.3. The molecule has 6 heteroatoms. The molecule has 0 aliphatic rings. The molecule has 0 amide bonds. The van der Waals surface area contributed by atoms with E-state index in [1.54, 1.807) is 24.3 Å². The maximum Gasteiger partial charge on any atom is 0.338 e. The molecule has 1 aromatic heterocycles. The van der Waals surface area contributed by atoms with E-state index in [0.717, 1.165) is 0 Å². The Labute approximate surface area is 108 Å². The molecule has 0 aliphatic carbocycles. The number of hydrogen-bond donors (Lipinski definition) is 1. The zero-order valence-electron chi connectivity index (χ0n) is 10.3. The van der Waals surface area contributed by atoms with Gasteiger partial charge in [-0.25, -0.2) is 9.59 Å². The average molecular weight is 260 g/mol. The minimum absolute atomic E-state index is 0.181. The van der Waals surface area contributed by atoms with Gasteiger partial charge in [0.25, 0.3) is 5.56 Å². The van der Waals surface area contributed by atoms with Crippen LogP contribution in [0.1, 0.15) is 15.9 Å². The number of aromatic nitrogens is 2. The first-order valence-corrected chi connectivity index (χ1v) is 5.58. The number of carbonyl (C=O) groups excluding carboxylic acids is 1. The predicted molar refractivity (Wildman–Crippen MR) is 68.2 cm³/mol. The lowest BCUT2D eigenvalue weighted by Gasteiger charge is -2.09. The number of esters is 1. The Morgan fingerprint density at radius 2 is 2.00 bits per heavy atom. The number of hydrogen-bond acceptors (Lipinski definition) is 4. The molecule has 2 rings (SSSR count). The quantitative estimate of drug-likeness (QED) is 0.808. The monoisotopic (exact) mass is 260 g/mol. The smallest absolute Gasteiger partial charge is 0.338 e. The second-order valence-electron chi connectivity index (χ2n) is 3.89. The molecule has 19 heavy (non-hydrogen) atoms. The summed E-state index contributed by atoms with van der Waals surface area (Å²) in [7, 11) is 1.30. The lowest BCUT2D eigenvalue weighted by molar-refractivity contribution is 0.0599. The summed E-state index contributed by atoms with van der Waals surface area (Å²) in [5, 5.41) is 0. The normalized spacial score (nSPS) is 10.2. The van der Waals surface area contributed by atoms with Crippen molar-refractivity contribution in [2.75, 3.05) is 7.11 Å². The van der Waals surface area contributed by atoms with Crippen molar-refractivity contribution in [2.24, 2.45) is 0 Å². The summed E-state index contributed by atoms with van der Waals surface area (Å²) in [6, 6.07) is 8.08. The molecule has 0 atom stereocenters. The van der Waals surface area contributed by atoms with E-state index in [-0.39, 0.29) is 6.54 Å². The number of nitrogens with zero attached hydrogens (tertiary/aromatic N) is 1. The highest BCUT2D eigenvalue weighted by molar-refractivity contribution is 5.90. The van der Waals surface area contributed by atoms with Crippen molar-refractivity contribution in [1.29, 1.82) is 0 Å². The maximum absolute atomic E-state index is 11.6. The van der Waals surface area contributed by atoms with Crippen LogP contribution in [0.25, 0.3) is 0 Å². The van der Waals surface area contributed by atoms with Crippen molar-refractivity contribution in [2.45, 2.75) is 6.54 Å². The van der Waals surface area contributed by atoms with Gasteiger partial charge in [-0.1, -0.05) is 18.2 Å². The molecular weight excluding hydrogens is 248 g/mol. The van der Waals surface area contributed by atoms with E-state index in [1.165, 1.54) is 23.9 Å². The standard InChI is InChI=1S/C13H12N2O4/c1-19-12(17)10-5-3-2-4-9(10)8-15-7-6-11(16)14-13(15)18/h2-7H,8H2,1H3,(H,14,16,18). The van der Waals surface area contributed by atoms with Gasteiger partial charge >= 0.3 is 11.7 Å². The summed E-state index contributed by atoms with van der Waals surface area (Å²) in [5.74, 6) is -0.465. The second-order valence-corrected chi connectivity index (χ2v) is 3.89. The van der Waals surface area contributed by atoms with Crippen LogP contribution in [0.4, 0.5) is 0 Å². The van der Waals surface area contributed by atoms with Gasteiger partial charge in [-0.15, -0.1) is 0 Å². The summed E-state index contributed by atoms with van der Waals surface area (Å²) >= 11 is 0. The lowest BCUT2D eigenvalue weighted by Crippen LogP contribution is -2.29. The third kappa shape index (κ3) is 2.79. The zero-order valence-corrected chi connectivity index (χ0v) is 10.3. The number of benzene rings is 1. The Morgan fingerprint density at radius 3 is 2.68 bits per heavy atom. The van der Waals surface area contributed by atoms with Gasteiger partial charge in [0, 0.05) is 12.3 Å². The van der Waals surface area contributed by atoms with E-state index < -0.39 is 17.2 Å². The molecule has 98 valence electrons. The molecular formula is C13H12N2O4. The lowest BCUT2D eigenvalue weighted by atomic mass is 10.1. The fraction of sp³-hybridized carbons (Fsp3) is 0.154. The Balaban J connectivity index is 2.41. The molecule has 0 spiro atoms. The molecule has 1 heterocycles. The Morgan fingerprint density at radius 1 is 1.26 bits per heavy atom. The van der Waals surface area contributed by atoms with Crippen molar-refractivity contribution < 1.29 is 9.53 Å². The van der Waals surface area contributed by atoms with Crippen molar-refractivity contribution in [3.63, 3.8) is 0 Å². The fourth-order valence-electron chi connectivity index (χ4n) is 1.72. The van der Waals surface area contributed by atoms with Crippen molar-refractivity contribution >= 4 is 5.97 Å². The van der Waals surface area contributed by atoms with E-state index in [1.807, 2.05) is 0 Å². The molecule has 6 nitrogen and oxygen atoms in total. The van der Waals surface area contributed by atoms with E-state index >= 15 is 0 Å². The van der Waals surface area contributed by atoms with Crippen LogP contribution in [-0.2, 0) is 11.3 Å². The molecule has 0 aliphatic heterocycles. The number of methoxy groups -OCH3 is 1. The van der Waals surface area contributed by atoms with Crippen LogP contribution in [0.5, 0.6) is 0 Å². The Kier molecular flexibility index (Phi) is 3.61. The molecule has 1 aromatic carbocycles. The van der Waals surface area contributed by atoms with Crippen molar-refractivity contribution in [1.82, 2.24) is 9.55 Å². The second kappa shape index (κ2) is 5.34.